The lowest BCUT2D eigenvalue weighted by Crippen LogP contribution is -2.52. The molecule has 1 amide bonds. The maximum atomic E-state index is 14.7. The van der Waals surface area contributed by atoms with Crippen molar-refractivity contribution >= 4 is 40.8 Å². The van der Waals surface area contributed by atoms with E-state index in [2.05, 4.69) is 42.3 Å². The first kappa shape index (κ1) is 32.8. The van der Waals surface area contributed by atoms with Gasteiger partial charge in [-0.3, -0.25) is 9.69 Å². The lowest BCUT2D eigenvalue weighted by atomic mass is 9.70. The quantitative estimate of drug-likeness (QED) is 0.159. The molecule has 3 aliphatic rings. The largest absolute Gasteiger partial charge is 0.462 e. The van der Waals surface area contributed by atoms with Crippen LogP contribution in [0, 0.1) is 17.8 Å². The number of amides is 1. The average Bonchev–Trinajstić information content (AvgIpc) is 3.77. The number of carbonyl (C=O) groups excluding carboxylic acids is 2. The topological polar surface area (TPSA) is 78.9 Å². The number of nitrogens with one attached hydrogen (secondary N) is 1. The molecule has 2 N–H and O–H groups in total. The van der Waals surface area contributed by atoms with E-state index >= 15 is 0 Å². The number of benzene rings is 3. The third-order valence-corrected chi connectivity index (χ3v) is 10.5. The van der Waals surface area contributed by atoms with E-state index in [-0.39, 0.29) is 29.8 Å². The molecule has 3 aromatic carbocycles. The Bertz CT molecular complexity index is 1620. The van der Waals surface area contributed by atoms with Crippen LogP contribution in [-0.2, 0) is 15.1 Å². The van der Waals surface area contributed by atoms with Crippen LogP contribution >= 0.6 is 23.2 Å². The summed E-state index contributed by atoms with van der Waals surface area (Å²) in [5.74, 6) is -0.0430. The Hall–Kier alpha value is -3.16. The summed E-state index contributed by atoms with van der Waals surface area (Å²) in [7, 11) is 0. The van der Waals surface area contributed by atoms with Gasteiger partial charge in [0, 0.05) is 45.7 Å². The standard InChI is InChI=1S/C38H42Cl2N2O4/c1-4-23(3)9-17-30-33(21-34(43)25-12-14-26(15-13-25)36(44)46-5-2)42(22-24-10-11-24)38(35(30)27-7-6-8-28(39)19-27)31-18-16-29(40)20-32(31)41-37(38)45/h6-9,12-20,23-24,30,33-35,43H,4-5,10-11,21-22H2,1-3H3,(H,41,45). The SMILES string of the molecule is CCOC(=O)c1ccc(C(O)CC2C(C=CC(C)CC)C(c3cccc(Cl)c3)C3(C(=O)Nc4cc(Cl)ccc43)N2CC2CC2)cc1. The second-order valence-corrected chi connectivity index (χ2v) is 13.9. The number of rotatable bonds is 11. The van der Waals surface area contributed by atoms with Gasteiger partial charge >= 0.3 is 5.97 Å². The van der Waals surface area contributed by atoms with Crippen molar-refractivity contribution in [2.45, 2.75) is 70.1 Å². The van der Waals surface area contributed by atoms with Gasteiger partial charge in [0.25, 0.3) is 0 Å². The zero-order valence-corrected chi connectivity index (χ0v) is 28.1. The molecule has 3 aromatic rings. The number of aliphatic hydroxyl groups is 1. The molecule has 1 saturated carbocycles. The molecular formula is C38H42Cl2N2O4. The number of halogens is 2. The van der Waals surface area contributed by atoms with Gasteiger partial charge in [0.05, 0.1) is 18.3 Å². The predicted molar refractivity (Wildman–Crippen MR) is 183 cm³/mol. The summed E-state index contributed by atoms with van der Waals surface area (Å²) in [6, 6.07) is 20.4. The van der Waals surface area contributed by atoms with Crippen LogP contribution in [0.2, 0.25) is 10.0 Å². The normalized spacial score (nSPS) is 25.5. The number of anilines is 1. The highest BCUT2D eigenvalue weighted by Crippen LogP contribution is 2.61. The number of nitrogens with zero attached hydrogens (tertiary/aromatic N) is 1. The lowest BCUT2D eigenvalue weighted by molar-refractivity contribution is -0.128. The fourth-order valence-electron chi connectivity index (χ4n) is 7.45. The van der Waals surface area contributed by atoms with E-state index in [0.29, 0.717) is 46.0 Å². The molecule has 8 heteroatoms. The second kappa shape index (κ2) is 13.5. The third-order valence-electron chi connectivity index (χ3n) is 10.1. The van der Waals surface area contributed by atoms with Crippen molar-refractivity contribution in [1.29, 1.82) is 0 Å². The minimum Gasteiger partial charge on any atom is -0.462 e. The summed E-state index contributed by atoms with van der Waals surface area (Å²) in [5, 5.41) is 16.2. The smallest absolute Gasteiger partial charge is 0.338 e. The first-order chi connectivity index (χ1) is 22.2. The zero-order chi connectivity index (χ0) is 32.6. The van der Waals surface area contributed by atoms with Crippen LogP contribution in [0.4, 0.5) is 5.69 Å². The molecule has 1 spiro atoms. The van der Waals surface area contributed by atoms with Gasteiger partial charge in [0.2, 0.25) is 5.91 Å². The Morgan fingerprint density at radius 2 is 1.83 bits per heavy atom. The summed E-state index contributed by atoms with van der Waals surface area (Å²) in [5.41, 5.74) is 2.75. The van der Waals surface area contributed by atoms with Crippen LogP contribution < -0.4 is 5.32 Å². The molecule has 1 aliphatic carbocycles. The summed E-state index contributed by atoms with van der Waals surface area (Å²) in [6.07, 6.45) is 7.34. The molecule has 46 heavy (non-hydrogen) atoms. The van der Waals surface area contributed by atoms with Gasteiger partial charge < -0.3 is 15.2 Å². The molecule has 6 nitrogen and oxygen atoms in total. The summed E-state index contributed by atoms with van der Waals surface area (Å²) >= 11 is 13.1. The molecule has 2 fully saturated rings. The summed E-state index contributed by atoms with van der Waals surface area (Å²) in [4.78, 5) is 29.4. The van der Waals surface area contributed by atoms with Gasteiger partial charge in [0.15, 0.2) is 0 Å². The van der Waals surface area contributed by atoms with E-state index in [1.165, 1.54) is 0 Å². The van der Waals surface area contributed by atoms with Crippen molar-refractivity contribution in [3.05, 3.63) is 111 Å². The van der Waals surface area contributed by atoms with Gasteiger partial charge in [-0.1, -0.05) is 86.0 Å². The van der Waals surface area contributed by atoms with Crippen molar-refractivity contribution < 1.29 is 19.4 Å². The molecule has 0 aromatic heterocycles. The molecule has 6 atom stereocenters. The van der Waals surface area contributed by atoms with Gasteiger partial charge in [-0.25, -0.2) is 4.79 Å². The van der Waals surface area contributed by atoms with E-state index in [0.717, 1.165) is 42.6 Å². The number of hydrogen-bond acceptors (Lipinski definition) is 5. The Kier molecular flexibility index (Phi) is 9.63. The maximum Gasteiger partial charge on any atom is 0.338 e. The predicted octanol–water partition coefficient (Wildman–Crippen LogP) is 8.54. The maximum absolute atomic E-state index is 14.7. The molecular weight excluding hydrogens is 619 g/mol. The van der Waals surface area contributed by atoms with Gasteiger partial charge in [-0.15, -0.1) is 0 Å². The van der Waals surface area contributed by atoms with Crippen LogP contribution in [-0.4, -0.2) is 41.1 Å². The molecule has 2 heterocycles. The number of carbonyl (C=O) groups is 2. The summed E-state index contributed by atoms with van der Waals surface area (Å²) < 4.78 is 5.15. The molecule has 2 aliphatic heterocycles. The third kappa shape index (κ3) is 6.13. The Morgan fingerprint density at radius 3 is 2.50 bits per heavy atom. The highest BCUT2D eigenvalue weighted by molar-refractivity contribution is 6.31. The van der Waals surface area contributed by atoms with Crippen molar-refractivity contribution in [2.75, 3.05) is 18.5 Å². The molecule has 0 bridgehead atoms. The monoisotopic (exact) mass is 660 g/mol. The molecule has 6 rings (SSSR count). The highest BCUT2D eigenvalue weighted by Gasteiger charge is 2.66. The van der Waals surface area contributed by atoms with E-state index < -0.39 is 11.6 Å². The molecule has 0 radical (unpaired) electrons. The van der Waals surface area contributed by atoms with E-state index in [9.17, 15) is 14.7 Å². The van der Waals surface area contributed by atoms with Crippen molar-refractivity contribution in [3.63, 3.8) is 0 Å². The number of hydrogen-bond donors (Lipinski definition) is 2. The number of aliphatic hydroxyl groups excluding tert-OH is 1. The van der Waals surface area contributed by atoms with Crippen molar-refractivity contribution in [1.82, 2.24) is 4.90 Å². The Morgan fingerprint density at radius 1 is 1.09 bits per heavy atom. The van der Waals surface area contributed by atoms with Gasteiger partial charge in [0.1, 0.15) is 5.54 Å². The second-order valence-electron chi connectivity index (χ2n) is 13.0. The van der Waals surface area contributed by atoms with Crippen molar-refractivity contribution in [3.8, 4) is 0 Å². The zero-order valence-electron chi connectivity index (χ0n) is 26.6. The minimum absolute atomic E-state index is 0.0758. The van der Waals surface area contributed by atoms with Crippen LogP contribution in [0.5, 0.6) is 0 Å². The number of esters is 1. The first-order valence-corrected chi connectivity index (χ1v) is 17.2. The van der Waals surface area contributed by atoms with Crippen LogP contribution in [0.15, 0.2) is 78.9 Å². The average molecular weight is 662 g/mol. The first-order valence-electron chi connectivity index (χ1n) is 16.4. The Balaban J connectivity index is 1.50. The number of ether oxygens (including phenoxy) is 1. The number of allylic oxidation sites excluding steroid dienone is 1. The fourth-order valence-corrected chi connectivity index (χ4v) is 7.83. The minimum atomic E-state index is -1.03. The number of fused-ring (bicyclic) bond motifs is 2. The fraction of sp³-hybridized carbons (Fsp3) is 0.421. The number of likely N-dealkylation sites (tertiary alicyclic amines) is 1. The van der Waals surface area contributed by atoms with Crippen LogP contribution in [0.1, 0.15) is 85.5 Å². The molecule has 242 valence electrons. The highest BCUT2D eigenvalue weighted by atomic mass is 35.5. The molecule has 1 saturated heterocycles. The van der Waals surface area contributed by atoms with Crippen LogP contribution in [0.25, 0.3) is 0 Å². The van der Waals surface area contributed by atoms with E-state index in [4.69, 9.17) is 27.9 Å². The molecule has 6 unspecified atom stereocenters. The van der Waals surface area contributed by atoms with Gasteiger partial charge in [-0.2, -0.15) is 0 Å². The van der Waals surface area contributed by atoms with Crippen molar-refractivity contribution in [2.24, 2.45) is 17.8 Å². The van der Waals surface area contributed by atoms with E-state index in [1.807, 2.05) is 36.4 Å². The van der Waals surface area contributed by atoms with Crippen LogP contribution in [0.3, 0.4) is 0 Å². The summed E-state index contributed by atoms with van der Waals surface area (Å²) in [6.45, 7) is 7.18. The Labute approximate surface area is 281 Å². The van der Waals surface area contributed by atoms with Gasteiger partial charge in [-0.05, 0) is 85.5 Å². The lowest BCUT2D eigenvalue weighted by Gasteiger charge is -2.40. The van der Waals surface area contributed by atoms with E-state index in [1.54, 1.807) is 31.2 Å².